The van der Waals surface area contributed by atoms with Crippen molar-refractivity contribution in [3.8, 4) is 11.5 Å². The number of amides is 1. The first kappa shape index (κ1) is 27.5. The first-order valence-corrected chi connectivity index (χ1v) is 11.6. The second-order valence-corrected chi connectivity index (χ2v) is 9.30. The number of halogens is 6. The van der Waals surface area contributed by atoms with E-state index in [1.165, 1.54) is 0 Å². The standard InChI is InChI=1S/C21H20F6N2O6S/c1-9-15(11-5-7-13(23)16(24)17(11)33-3)18(34-20(9,2)21(25,26)27)19(30)29-10-4-6-12(22)14(8-10)35-36(28,31)32/h4-9,15,18H,1-3H3,(H,29,30)(H2,28,31,32)/t9-,15-,18+,20+/m0/s1. The molecule has 0 saturated carbocycles. The van der Waals surface area contributed by atoms with E-state index in [1.807, 2.05) is 0 Å². The van der Waals surface area contributed by atoms with Crippen molar-refractivity contribution in [1.82, 2.24) is 0 Å². The van der Waals surface area contributed by atoms with E-state index >= 15 is 0 Å². The topological polar surface area (TPSA) is 117 Å². The van der Waals surface area contributed by atoms with E-state index < -0.39 is 74.9 Å². The van der Waals surface area contributed by atoms with E-state index in [2.05, 4.69) is 9.50 Å². The van der Waals surface area contributed by atoms with Gasteiger partial charge < -0.3 is 19.0 Å². The summed E-state index contributed by atoms with van der Waals surface area (Å²) in [5, 5.41) is 6.89. The van der Waals surface area contributed by atoms with Gasteiger partial charge in [-0.3, -0.25) is 4.79 Å². The fourth-order valence-corrected chi connectivity index (χ4v) is 4.40. The van der Waals surface area contributed by atoms with Crippen LogP contribution in [0.1, 0.15) is 25.3 Å². The molecule has 1 saturated heterocycles. The highest BCUT2D eigenvalue weighted by Gasteiger charge is 2.65. The lowest BCUT2D eigenvalue weighted by Crippen LogP contribution is -2.47. The summed E-state index contributed by atoms with van der Waals surface area (Å²) in [4.78, 5) is 13.1. The molecule has 36 heavy (non-hydrogen) atoms. The molecule has 0 aliphatic carbocycles. The minimum absolute atomic E-state index is 0.255. The SMILES string of the molecule is COc1c([C@H]2[C@H](C(=O)Nc3ccc(F)c(OS(N)(=O)=O)c3)O[C@@](C)(C(F)(F)F)[C@H]2C)ccc(F)c1F. The Bertz CT molecular complexity index is 1290. The molecule has 1 aliphatic rings. The molecule has 2 aromatic carbocycles. The molecule has 15 heteroatoms. The first-order valence-electron chi connectivity index (χ1n) is 10.1. The highest BCUT2D eigenvalue weighted by atomic mass is 32.2. The lowest BCUT2D eigenvalue weighted by atomic mass is 9.77. The Hall–Kier alpha value is -3.04. The summed E-state index contributed by atoms with van der Waals surface area (Å²) in [7, 11) is -3.66. The molecule has 0 aromatic heterocycles. The quantitative estimate of drug-likeness (QED) is 0.537. The van der Waals surface area contributed by atoms with Gasteiger partial charge in [0.1, 0.15) is 6.10 Å². The zero-order chi connectivity index (χ0) is 27.2. The number of methoxy groups -OCH3 is 1. The van der Waals surface area contributed by atoms with E-state index in [0.29, 0.717) is 19.1 Å². The highest BCUT2D eigenvalue weighted by molar-refractivity contribution is 7.84. The molecule has 0 unspecified atom stereocenters. The number of anilines is 1. The second-order valence-electron chi connectivity index (χ2n) is 8.15. The molecular formula is C21H20F6N2O6S. The zero-order valence-corrected chi connectivity index (χ0v) is 19.6. The van der Waals surface area contributed by atoms with Gasteiger partial charge in [0.25, 0.3) is 5.91 Å². The molecule has 1 aliphatic heterocycles. The molecule has 0 bridgehead atoms. The van der Waals surface area contributed by atoms with Crippen LogP contribution in [0.15, 0.2) is 30.3 Å². The van der Waals surface area contributed by atoms with Crippen LogP contribution in [0.2, 0.25) is 0 Å². The summed E-state index contributed by atoms with van der Waals surface area (Å²) < 4.78 is 121. The average molecular weight is 542 g/mol. The van der Waals surface area contributed by atoms with Crippen LogP contribution in [-0.2, 0) is 19.8 Å². The summed E-state index contributed by atoms with van der Waals surface area (Å²) in [6, 6.07) is 4.07. The smallest absolute Gasteiger partial charge is 0.417 e. The Kier molecular flexibility index (Phi) is 7.22. The van der Waals surface area contributed by atoms with Gasteiger partial charge in [0.05, 0.1) is 7.11 Å². The molecule has 1 amide bonds. The van der Waals surface area contributed by atoms with E-state index in [9.17, 15) is 39.6 Å². The van der Waals surface area contributed by atoms with Crippen LogP contribution in [-0.4, -0.2) is 39.3 Å². The number of ether oxygens (including phenoxy) is 2. The summed E-state index contributed by atoms with van der Waals surface area (Å²) >= 11 is 0. The fraction of sp³-hybridized carbons (Fsp3) is 0.381. The van der Waals surface area contributed by atoms with Crippen molar-refractivity contribution in [2.75, 3.05) is 12.4 Å². The summed E-state index contributed by atoms with van der Waals surface area (Å²) in [5.74, 6) is -9.72. The van der Waals surface area contributed by atoms with Crippen LogP contribution < -0.4 is 19.4 Å². The lowest BCUT2D eigenvalue weighted by molar-refractivity contribution is -0.272. The van der Waals surface area contributed by atoms with Gasteiger partial charge in [-0.2, -0.15) is 31.1 Å². The van der Waals surface area contributed by atoms with Crippen molar-refractivity contribution in [2.24, 2.45) is 11.1 Å². The fourth-order valence-electron chi connectivity index (χ4n) is 4.02. The number of alkyl halides is 3. The van der Waals surface area contributed by atoms with Crippen LogP contribution >= 0.6 is 0 Å². The molecule has 198 valence electrons. The normalized spacial score (nSPS) is 24.4. The first-order chi connectivity index (χ1) is 16.5. The van der Waals surface area contributed by atoms with Crippen molar-refractivity contribution in [3.63, 3.8) is 0 Å². The molecule has 0 radical (unpaired) electrons. The Morgan fingerprint density at radius 1 is 1.14 bits per heavy atom. The molecule has 2 aromatic rings. The number of nitrogens with two attached hydrogens (primary N) is 1. The van der Waals surface area contributed by atoms with Crippen molar-refractivity contribution in [3.05, 3.63) is 53.3 Å². The Morgan fingerprint density at radius 2 is 1.75 bits per heavy atom. The molecule has 3 N–H and O–H groups in total. The molecule has 1 fully saturated rings. The molecular weight excluding hydrogens is 522 g/mol. The predicted molar refractivity (Wildman–Crippen MR) is 113 cm³/mol. The summed E-state index contributed by atoms with van der Waals surface area (Å²) in [6.07, 6.45) is -6.89. The maximum Gasteiger partial charge on any atom is 0.417 e. The number of carbonyl (C=O) groups excluding carboxylic acids is 1. The van der Waals surface area contributed by atoms with Gasteiger partial charge in [0.15, 0.2) is 28.7 Å². The Morgan fingerprint density at radius 3 is 2.31 bits per heavy atom. The van der Waals surface area contributed by atoms with Crippen LogP contribution in [0.25, 0.3) is 0 Å². The molecule has 1 heterocycles. The van der Waals surface area contributed by atoms with Crippen LogP contribution in [0.4, 0.5) is 32.0 Å². The van der Waals surface area contributed by atoms with Gasteiger partial charge in [-0.25, -0.2) is 8.78 Å². The minimum atomic E-state index is -4.97. The van der Waals surface area contributed by atoms with Gasteiger partial charge >= 0.3 is 16.5 Å². The largest absolute Gasteiger partial charge is 0.493 e. The monoisotopic (exact) mass is 542 g/mol. The van der Waals surface area contributed by atoms with E-state index in [-0.39, 0.29) is 11.3 Å². The number of hydrogen-bond donors (Lipinski definition) is 2. The zero-order valence-electron chi connectivity index (χ0n) is 18.8. The van der Waals surface area contributed by atoms with Crippen molar-refractivity contribution < 1.29 is 53.2 Å². The number of carbonyl (C=O) groups is 1. The Labute approximate surface area is 201 Å². The van der Waals surface area contributed by atoms with Crippen LogP contribution in [0.5, 0.6) is 11.5 Å². The van der Waals surface area contributed by atoms with Crippen molar-refractivity contribution in [1.29, 1.82) is 0 Å². The van der Waals surface area contributed by atoms with E-state index in [1.54, 1.807) is 0 Å². The third kappa shape index (κ3) is 5.08. The number of hydrogen-bond acceptors (Lipinski definition) is 6. The second kappa shape index (κ2) is 9.44. The molecule has 3 rings (SSSR count). The maximum absolute atomic E-state index is 14.4. The van der Waals surface area contributed by atoms with Gasteiger partial charge in [-0.15, -0.1) is 0 Å². The minimum Gasteiger partial charge on any atom is -0.493 e. The van der Waals surface area contributed by atoms with Crippen LogP contribution in [0.3, 0.4) is 0 Å². The maximum atomic E-state index is 14.4. The third-order valence-corrected chi connectivity index (χ3v) is 6.39. The summed E-state index contributed by atoms with van der Waals surface area (Å²) in [5.41, 5.74) is -3.43. The average Bonchev–Trinajstić information content (AvgIpc) is 3.03. The predicted octanol–water partition coefficient (Wildman–Crippen LogP) is 3.77. The van der Waals surface area contributed by atoms with Gasteiger partial charge in [0, 0.05) is 29.2 Å². The van der Waals surface area contributed by atoms with E-state index in [4.69, 9.17) is 14.6 Å². The number of nitrogens with one attached hydrogen (secondary N) is 1. The van der Waals surface area contributed by atoms with Crippen LogP contribution in [0, 0.1) is 23.4 Å². The third-order valence-electron chi connectivity index (χ3n) is 5.98. The Balaban J connectivity index is 2.06. The van der Waals surface area contributed by atoms with Crippen molar-refractivity contribution in [2.45, 2.75) is 37.6 Å². The lowest BCUT2D eigenvalue weighted by Gasteiger charge is -2.32. The molecule has 8 nitrogen and oxygen atoms in total. The molecule has 4 atom stereocenters. The highest BCUT2D eigenvalue weighted by Crippen LogP contribution is 2.55. The number of benzene rings is 2. The van der Waals surface area contributed by atoms with Gasteiger partial charge in [0.2, 0.25) is 5.82 Å². The van der Waals surface area contributed by atoms with E-state index in [0.717, 1.165) is 32.2 Å². The molecule has 0 spiro atoms. The van der Waals surface area contributed by atoms with Gasteiger partial charge in [-0.1, -0.05) is 13.0 Å². The summed E-state index contributed by atoms with van der Waals surface area (Å²) in [6.45, 7) is 1.84. The van der Waals surface area contributed by atoms with Gasteiger partial charge in [-0.05, 0) is 25.1 Å². The van der Waals surface area contributed by atoms with Crippen molar-refractivity contribution >= 4 is 21.9 Å². The number of rotatable bonds is 6.